The van der Waals surface area contributed by atoms with Crippen molar-refractivity contribution >= 4 is 5.97 Å². The number of carbonyl (C=O) groups is 1. The summed E-state index contributed by atoms with van der Waals surface area (Å²) in [6.07, 6.45) is 0.497. The van der Waals surface area contributed by atoms with Gasteiger partial charge in [-0.1, -0.05) is 48.5 Å². The van der Waals surface area contributed by atoms with Gasteiger partial charge in [0.2, 0.25) is 0 Å². The number of carboxylic acid groups (broad SMARTS) is 1. The lowest BCUT2D eigenvalue weighted by atomic mass is 10.1. The molecule has 1 unspecified atom stereocenters. The number of rotatable bonds is 10. The highest BCUT2D eigenvalue weighted by molar-refractivity contribution is 5.69. The van der Waals surface area contributed by atoms with Crippen LogP contribution in [0.15, 0.2) is 78.9 Å². The lowest BCUT2D eigenvalue weighted by molar-refractivity contribution is -0.138. The summed E-state index contributed by atoms with van der Waals surface area (Å²) in [6.45, 7) is 2.61. The van der Waals surface area contributed by atoms with Gasteiger partial charge in [-0.15, -0.1) is 0 Å². The van der Waals surface area contributed by atoms with Crippen molar-refractivity contribution in [2.24, 2.45) is 0 Å². The number of aliphatic carboxylic acids is 1. The van der Waals surface area contributed by atoms with E-state index in [1.165, 1.54) is 0 Å². The molecular formula is C25H27NO4. The van der Waals surface area contributed by atoms with Crippen molar-refractivity contribution in [3.8, 4) is 17.2 Å². The third kappa shape index (κ3) is 6.36. The Morgan fingerprint density at radius 3 is 2.27 bits per heavy atom. The summed E-state index contributed by atoms with van der Waals surface area (Å²) < 4.78 is 12.3. The van der Waals surface area contributed by atoms with E-state index < -0.39 is 5.97 Å². The molecule has 3 rings (SSSR count). The van der Waals surface area contributed by atoms with E-state index in [1.54, 1.807) is 11.9 Å². The molecule has 0 aliphatic heterocycles. The number of nitrogens with zero attached hydrogens (tertiary/aromatic N) is 1. The van der Waals surface area contributed by atoms with Crippen LogP contribution in [0.1, 0.15) is 23.7 Å². The van der Waals surface area contributed by atoms with Gasteiger partial charge in [0.05, 0.1) is 6.54 Å². The van der Waals surface area contributed by atoms with Gasteiger partial charge < -0.3 is 14.6 Å². The van der Waals surface area contributed by atoms with Crippen LogP contribution in [-0.4, -0.2) is 36.1 Å². The van der Waals surface area contributed by atoms with Crippen LogP contribution in [-0.2, 0) is 4.79 Å². The molecule has 1 atom stereocenters. The average molecular weight is 405 g/mol. The maximum absolute atomic E-state index is 10.9. The molecule has 0 spiro atoms. The van der Waals surface area contributed by atoms with Gasteiger partial charge in [-0.3, -0.25) is 9.69 Å². The predicted molar refractivity (Wildman–Crippen MR) is 117 cm³/mol. The number of hydrogen-bond acceptors (Lipinski definition) is 4. The first-order valence-electron chi connectivity index (χ1n) is 9.97. The van der Waals surface area contributed by atoms with Crippen LogP contribution >= 0.6 is 0 Å². The monoisotopic (exact) mass is 405 g/mol. The zero-order chi connectivity index (χ0) is 21.3. The highest BCUT2D eigenvalue weighted by atomic mass is 16.5. The first-order valence-corrected chi connectivity index (χ1v) is 9.97. The van der Waals surface area contributed by atoms with E-state index in [4.69, 9.17) is 14.6 Å². The van der Waals surface area contributed by atoms with Crippen LogP contribution in [0.2, 0.25) is 0 Å². The van der Waals surface area contributed by atoms with Gasteiger partial charge in [-0.25, -0.2) is 0 Å². The molecule has 0 radical (unpaired) electrons. The summed E-state index contributed by atoms with van der Waals surface area (Å²) >= 11 is 0. The number of hydrogen-bond donors (Lipinski definition) is 1. The minimum absolute atomic E-state index is 0.00601. The van der Waals surface area contributed by atoms with Crippen molar-refractivity contribution in [2.75, 3.05) is 20.1 Å². The quantitative estimate of drug-likeness (QED) is 0.495. The number of carboxylic acids is 1. The van der Waals surface area contributed by atoms with E-state index in [9.17, 15) is 4.79 Å². The first kappa shape index (κ1) is 21.4. The van der Waals surface area contributed by atoms with Crippen molar-refractivity contribution in [1.82, 2.24) is 4.90 Å². The zero-order valence-corrected chi connectivity index (χ0v) is 17.3. The van der Waals surface area contributed by atoms with Crippen LogP contribution in [0.4, 0.5) is 0 Å². The number of likely N-dealkylation sites (N-methyl/N-ethyl adjacent to an activating group) is 1. The Balaban J connectivity index is 1.72. The SMILES string of the molecule is Cc1cc(Oc2ccccc2)ccc1OC(CCN(C)CC(=O)O)c1ccccc1. The van der Waals surface area contributed by atoms with Crippen molar-refractivity contribution in [3.05, 3.63) is 90.0 Å². The van der Waals surface area contributed by atoms with Crippen LogP contribution in [0, 0.1) is 6.92 Å². The van der Waals surface area contributed by atoms with Gasteiger partial charge in [0.15, 0.2) is 0 Å². The lowest BCUT2D eigenvalue weighted by Gasteiger charge is -2.23. The number of ether oxygens (including phenoxy) is 2. The topological polar surface area (TPSA) is 59.0 Å². The Labute approximate surface area is 177 Å². The maximum Gasteiger partial charge on any atom is 0.317 e. The molecule has 5 heteroatoms. The molecule has 0 bridgehead atoms. The fraction of sp³-hybridized carbons (Fsp3) is 0.240. The highest BCUT2D eigenvalue weighted by Gasteiger charge is 2.17. The Morgan fingerprint density at radius 2 is 1.63 bits per heavy atom. The molecule has 0 heterocycles. The molecule has 0 saturated heterocycles. The molecule has 0 aliphatic rings. The number of aryl methyl sites for hydroxylation is 1. The second-order valence-electron chi connectivity index (χ2n) is 7.28. The summed E-state index contributed by atoms with van der Waals surface area (Å²) in [5.74, 6) is 1.49. The number of para-hydroxylation sites is 1. The second kappa shape index (κ2) is 10.5. The van der Waals surface area contributed by atoms with Crippen LogP contribution in [0.25, 0.3) is 0 Å². The van der Waals surface area contributed by atoms with Crippen LogP contribution in [0.3, 0.4) is 0 Å². The molecule has 156 valence electrons. The Morgan fingerprint density at radius 1 is 0.967 bits per heavy atom. The Hall–Kier alpha value is -3.31. The minimum atomic E-state index is -0.834. The summed E-state index contributed by atoms with van der Waals surface area (Å²) in [5.41, 5.74) is 2.04. The molecule has 0 amide bonds. The largest absolute Gasteiger partial charge is 0.485 e. The summed E-state index contributed by atoms with van der Waals surface area (Å²) in [7, 11) is 1.80. The van der Waals surface area contributed by atoms with Gasteiger partial charge in [0.25, 0.3) is 0 Å². The van der Waals surface area contributed by atoms with E-state index in [0.29, 0.717) is 13.0 Å². The third-order valence-electron chi connectivity index (χ3n) is 4.74. The van der Waals surface area contributed by atoms with Gasteiger partial charge in [-0.05, 0) is 55.4 Å². The fourth-order valence-electron chi connectivity index (χ4n) is 3.20. The number of benzene rings is 3. The average Bonchev–Trinajstić information content (AvgIpc) is 2.73. The lowest BCUT2D eigenvalue weighted by Crippen LogP contribution is -2.28. The van der Waals surface area contributed by atoms with E-state index in [1.807, 2.05) is 85.8 Å². The standard InChI is InChI=1S/C25H27NO4/c1-19-17-22(29-21-11-7-4-8-12-21)13-14-23(19)30-24(20-9-5-3-6-10-20)15-16-26(2)18-25(27)28/h3-14,17,24H,15-16,18H2,1-2H3,(H,27,28). The van der Waals surface area contributed by atoms with Crippen molar-refractivity contribution in [2.45, 2.75) is 19.4 Å². The molecule has 1 N–H and O–H groups in total. The normalized spacial score (nSPS) is 11.8. The second-order valence-corrected chi connectivity index (χ2v) is 7.28. The smallest absolute Gasteiger partial charge is 0.317 e. The van der Waals surface area contributed by atoms with Gasteiger partial charge in [-0.2, -0.15) is 0 Å². The van der Waals surface area contributed by atoms with Crippen LogP contribution in [0.5, 0.6) is 17.2 Å². The van der Waals surface area contributed by atoms with Crippen molar-refractivity contribution in [1.29, 1.82) is 0 Å². The van der Waals surface area contributed by atoms with Gasteiger partial charge in [0, 0.05) is 13.0 Å². The zero-order valence-electron chi connectivity index (χ0n) is 17.3. The van der Waals surface area contributed by atoms with Gasteiger partial charge in [0.1, 0.15) is 23.4 Å². The van der Waals surface area contributed by atoms with E-state index in [2.05, 4.69) is 0 Å². The molecule has 0 saturated carbocycles. The van der Waals surface area contributed by atoms with E-state index >= 15 is 0 Å². The third-order valence-corrected chi connectivity index (χ3v) is 4.74. The Kier molecular flexibility index (Phi) is 7.46. The summed E-state index contributed by atoms with van der Waals surface area (Å²) in [6, 6.07) is 25.4. The molecule has 0 aliphatic carbocycles. The molecule has 3 aromatic rings. The maximum atomic E-state index is 10.9. The molecule has 5 nitrogen and oxygen atoms in total. The molecule has 30 heavy (non-hydrogen) atoms. The molecule has 0 aromatic heterocycles. The minimum Gasteiger partial charge on any atom is -0.485 e. The summed E-state index contributed by atoms with van der Waals surface area (Å²) in [4.78, 5) is 12.7. The first-order chi connectivity index (χ1) is 14.5. The predicted octanol–water partition coefficient (Wildman–Crippen LogP) is 5.31. The fourth-order valence-corrected chi connectivity index (χ4v) is 3.20. The van der Waals surface area contributed by atoms with Crippen molar-refractivity contribution < 1.29 is 19.4 Å². The van der Waals surface area contributed by atoms with Crippen molar-refractivity contribution in [3.63, 3.8) is 0 Å². The van der Waals surface area contributed by atoms with E-state index in [0.717, 1.165) is 28.4 Å². The Bertz CT molecular complexity index is 944. The van der Waals surface area contributed by atoms with Gasteiger partial charge >= 0.3 is 5.97 Å². The molecule has 0 fully saturated rings. The summed E-state index contributed by atoms with van der Waals surface area (Å²) in [5, 5.41) is 8.98. The molecule has 3 aromatic carbocycles. The van der Waals surface area contributed by atoms with E-state index in [-0.39, 0.29) is 12.6 Å². The highest BCUT2D eigenvalue weighted by Crippen LogP contribution is 2.31. The molecular weight excluding hydrogens is 378 g/mol. The van der Waals surface area contributed by atoms with Crippen LogP contribution < -0.4 is 9.47 Å².